The Morgan fingerprint density at radius 1 is 1.31 bits per heavy atom. The zero-order chi connectivity index (χ0) is 19.1. The van der Waals surface area contributed by atoms with E-state index in [1.807, 2.05) is 0 Å². The number of rotatable bonds is 9. The average molecular weight is 359 g/mol. The fourth-order valence-corrected chi connectivity index (χ4v) is 2.26. The Kier molecular flexibility index (Phi) is 6.65. The van der Waals surface area contributed by atoms with Crippen LogP contribution in [0.15, 0.2) is 42.5 Å². The third kappa shape index (κ3) is 5.83. The van der Waals surface area contributed by atoms with Crippen LogP contribution in [0.2, 0.25) is 0 Å². The molecule has 0 bridgehead atoms. The highest BCUT2D eigenvalue weighted by molar-refractivity contribution is 5.82. The van der Waals surface area contributed by atoms with Crippen molar-refractivity contribution in [2.75, 3.05) is 13.2 Å². The number of Topliss-reactive ketones (excluding diaryl/α,β-unsaturated/α-hetero) is 1. The Morgan fingerprint density at radius 2 is 2.00 bits per heavy atom. The molecular formula is C18H21N3O5. The minimum absolute atomic E-state index is 0.0204. The summed E-state index contributed by atoms with van der Waals surface area (Å²) >= 11 is 0. The molecule has 2 rings (SSSR count). The lowest BCUT2D eigenvalue weighted by Gasteiger charge is -2.14. The molecule has 0 aliphatic heterocycles. The number of nitrogens with two attached hydrogens (primary N) is 1. The Labute approximate surface area is 150 Å². The number of nitro groups is 1. The molecule has 4 N–H and O–H groups in total. The summed E-state index contributed by atoms with van der Waals surface area (Å²) in [4.78, 5) is 22.0. The summed E-state index contributed by atoms with van der Waals surface area (Å²) in [7, 11) is 0. The van der Waals surface area contributed by atoms with Crippen molar-refractivity contribution in [3.05, 3.63) is 63.7 Å². The molecule has 0 aliphatic rings. The first-order valence-electron chi connectivity index (χ1n) is 8.01. The molecule has 2 aromatic rings. The molecule has 0 fully saturated rings. The fourth-order valence-electron chi connectivity index (χ4n) is 2.26. The van der Waals surface area contributed by atoms with Crippen molar-refractivity contribution in [1.29, 1.82) is 0 Å². The summed E-state index contributed by atoms with van der Waals surface area (Å²) in [5.74, 6) is 0.501. The van der Waals surface area contributed by atoms with Crippen LogP contribution in [0.25, 0.3) is 0 Å². The second kappa shape index (κ2) is 8.93. The van der Waals surface area contributed by atoms with Crippen LogP contribution in [-0.4, -0.2) is 35.1 Å². The topological polar surface area (TPSA) is 128 Å². The summed E-state index contributed by atoms with van der Waals surface area (Å²) < 4.78 is 5.38. The predicted molar refractivity (Wildman–Crippen MR) is 96.1 cm³/mol. The zero-order valence-corrected chi connectivity index (χ0v) is 14.3. The van der Waals surface area contributed by atoms with Gasteiger partial charge in [-0.25, -0.2) is 0 Å². The van der Waals surface area contributed by atoms with Gasteiger partial charge in [-0.1, -0.05) is 12.1 Å². The monoisotopic (exact) mass is 359 g/mol. The lowest BCUT2D eigenvalue weighted by Crippen LogP contribution is -2.42. The number of nitro benzene ring substituents is 1. The van der Waals surface area contributed by atoms with Gasteiger partial charge in [0.15, 0.2) is 5.78 Å². The molecule has 0 saturated heterocycles. The highest BCUT2D eigenvalue weighted by atomic mass is 16.6. The van der Waals surface area contributed by atoms with Gasteiger partial charge >= 0.3 is 0 Å². The van der Waals surface area contributed by atoms with E-state index in [1.165, 1.54) is 18.2 Å². The van der Waals surface area contributed by atoms with Gasteiger partial charge in [0, 0.05) is 18.6 Å². The van der Waals surface area contributed by atoms with E-state index in [0.717, 1.165) is 5.56 Å². The third-order valence-corrected chi connectivity index (χ3v) is 3.73. The number of ketones is 1. The standard InChI is InChI=1S/C18H21N3O5/c1-12-8-16(6-7-17(12)23)26-11-15(22)10-20-18(19)9-13-2-4-14(5-3-13)21(24)25/h2-8,18,20,23H,9-11,19H2,1H3/t18-/m0/s1. The van der Waals surface area contributed by atoms with Crippen molar-refractivity contribution in [3.8, 4) is 11.5 Å². The van der Waals surface area contributed by atoms with Crippen LogP contribution in [-0.2, 0) is 11.2 Å². The second-order valence-electron chi connectivity index (χ2n) is 5.89. The highest BCUT2D eigenvalue weighted by Gasteiger charge is 2.10. The molecule has 0 radical (unpaired) electrons. The maximum absolute atomic E-state index is 11.9. The SMILES string of the molecule is Cc1cc(OCC(=O)CN[C@H](N)Cc2ccc([N+](=O)[O-])cc2)ccc1O. The van der Waals surface area contributed by atoms with Crippen molar-refractivity contribution >= 4 is 11.5 Å². The maximum Gasteiger partial charge on any atom is 0.269 e. The first-order valence-corrected chi connectivity index (χ1v) is 8.01. The van der Waals surface area contributed by atoms with Crippen LogP contribution < -0.4 is 15.8 Å². The number of aryl methyl sites for hydroxylation is 1. The third-order valence-electron chi connectivity index (χ3n) is 3.73. The largest absolute Gasteiger partial charge is 0.508 e. The Hall–Kier alpha value is -2.97. The van der Waals surface area contributed by atoms with Crippen LogP contribution in [0.4, 0.5) is 5.69 Å². The molecule has 8 heteroatoms. The average Bonchev–Trinajstić information content (AvgIpc) is 2.61. The number of benzene rings is 2. The van der Waals surface area contributed by atoms with Crippen molar-refractivity contribution in [1.82, 2.24) is 5.32 Å². The number of hydrogen-bond acceptors (Lipinski definition) is 7. The quantitative estimate of drug-likeness (QED) is 0.353. The number of nitrogens with zero attached hydrogens (tertiary/aromatic N) is 1. The van der Waals surface area contributed by atoms with E-state index in [0.29, 0.717) is 17.7 Å². The molecule has 0 saturated carbocycles. The van der Waals surface area contributed by atoms with Crippen LogP contribution in [0, 0.1) is 17.0 Å². The van der Waals surface area contributed by atoms with Crippen molar-refractivity contribution in [2.45, 2.75) is 19.5 Å². The highest BCUT2D eigenvalue weighted by Crippen LogP contribution is 2.21. The number of non-ortho nitro benzene ring substituents is 1. The minimum Gasteiger partial charge on any atom is -0.508 e. The number of phenols is 1. The summed E-state index contributed by atoms with van der Waals surface area (Å²) in [5.41, 5.74) is 7.45. The molecule has 8 nitrogen and oxygen atoms in total. The van der Waals surface area contributed by atoms with E-state index < -0.39 is 11.1 Å². The van der Waals surface area contributed by atoms with Gasteiger partial charge in [-0.2, -0.15) is 0 Å². The minimum atomic E-state index is -0.462. The number of carbonyl (C=O) groups excluding carboxylic acids is 1. The van der Waals surface area contributed by atoms with Gasteiger partial charge in [-0.15, -0.1) is 0 Å². The molecule has 0 amide bonds. The van der Waals surface area contributed by atoms with Gasteiger partial charge in [-0.3, -0.25) is 20.2 Å². The number of phenolic OH excluding ortho intramolecular Hbond substituents is 1. The second-order valence-corrected chi connectivity index (χ2v) is 5.89. The van der Waals surface area contributed by atoms with E-state index in [4.69, 9.17) is 10.5 Å². The van der Waals surface area contributed by atoms with Crippen molar-refractivity contribution in [3.63, 3.8) is 0 Å². The Bertz CT molecular complexity index is 777. The van der Waals surface area contributed by atoms with E-state index in [1.54, 1.807) is 31.2 Å². The van der Waals surface area contributed by atoms with E-state index in [2.05, 4.69) is 5.32 Å². The molecule has 1 atom stereocenters. The lowest BCUT2D eigenvalue weighted by atomic mass is 10.1. The predicted octanol–water partition coefficient (Wildman–Crippen LogP) is 1.67. The number of hydrogen-bond donors (Lipinski definition) is 3. The molecular weight excluding hydrogens is 338 g/mol. The number of nitrogens with one attached hydrogen (secondary N) is 1. The number of carbonyl (C=O) groups is 1. The van der Waals surface area contributed by atoms with E-state index in [-0.39, 0.29) is 30.4 Å². The van der Waals surface area contributed by atoms with Gasteiger partial charge in [0.1, 0.15) is 18.1 Å². The Morgan fingerprint density at radius 3 is 2.62 bits per heavy atom. The molecule has 0 unspecified atom stereocenters. The van der Waals surface area contributed by atoms with Gasteiger partial charge in [0.2, 0.25) is 0 Å². The summed E-state index contributed by atoms with van der Waals surface area (Å²) in [6.45, 7) is 1.68. The van der Waals surface area contributed by atoms with Crippen LogP contribution in [0.5, 0.6) is 11.5 Å². The van der Waals surface area contributed by atoms with Gasteiger partial charge in [0.25, 0.3) is 5.69 Å². The lowest BCUT2D eigenvalue weighted by molar-refractivity contribution is -0.384. The van der Waals surface area contributed by atoms with Crippen LogP contribution in [0.1, 0.15) is 11.1 Å². The molecule has 138 valence electrons. The van der Waals surface area contributed by atoms with Crippen molar-refractivity contribution in [2.24, 2.45) is 5.73 Å². The van der Waals surface area contributed by atoms with E-state index >= 15 is 0 Å². The fraction of sp³-hybridized carbons (Fsp3) is 0.278. The first kappa shape index (κ1) is 19.4. The summed E-state index contributed by atoms with van der Waals surface area (Å²) in [6, 6.07) is 10.9. The number of aromatic hydroxyl groups is 1. The van der Waals surface area contributed by atoms with E-state index in [9.17, 15) is 20.0 Å². The molecule has 0 spiro atoms. The van der Waals surface area contributed by atoms with Crippen LogP contribution >= 0.6 is 0 Å². The maximum atomic E-state index is 11.9. The van der Waals surface area contributed by atoms with Gasteiger partial charge in [-0.05, 0) is 36.2 Å². The first-order chi connectivity index (χ1) is 12.3. The molecule has 0 aliphatic carbocycles. The van der Waals surface area contributed by atoms with Gasteiger partial charge < -0.3 is 15.6 Å². The zero-order valence-electron chi connectivity index (χ0n) is 14.3. The molecule has 2 aromatic carbocycles. The number of ether oxygens (including phenoxy) is 1. The molecule has 0 heterocycles. The molecule has 0 aromatic heterocycles. The normalized spacial score (nSPS) is 11.8. The smallest absolute Gasteiger partial charge is 0.269 e. The van der Waals surface area contributed by atoms with Crippen LogP contribution in [0.3, 0.4) is 0 Å². The van der Waals surface area contributed by atoms with Crippen molar-refractivity contribution < 1.29 is 19.6 Å². The summed E-state index contributed by atoms with van der Waals surface area (Å²) in [6.07, 6.45) is -0.0279. The molecule has 26 heavy (non-hydrogen) atoms. The summed E-state index contributed by atoms with van der Waals surface area (Å²) in [5, 5.41) is 23.0. The van der Waals surface area contributed by atoms with Gasteiger partial charge in [0.05, 0.1) is 17.6 Å². The Balaban J connectivity index is 1.73.